The van der Waals surface area contributed by atoms with Crippen molar-refractivity contribution in [1.82, 2.24) is 4.90 Å². The van der Waals surface area contributed by atoms with Gasteiger partial charge in [-0.25, -0.2) is 0 Å². The molecule has 0 saturated heterocycles. The van der Waals surface area contributed by atoms with E-state index in [0.717, 1.165) is 22.3 Å². The van der Waals surface area contributed by atoms with Crippen molar-refractivity contribution in [2.45, 2.75) is 6.42 Å². The molecule has 2 aromatic rings. The van der Waals surface area contributed by atoms with Crippen molar-refractivity contribution in [2.75, 3.05) is 13.1 Å². The molecular weight excluding hydrogens is 334 g/mol. The maximum absolute atomic E-state index is 12.3. The van der Waals surface area contributed by atoms with Gasteiger partial charge in [-0.15, -0.1) is 11.3 Å². The molecule has 0 aliphatic carbocycles. The molecule has 3 rings (SSSR count). The zero-order chi connectivity index (χ0) is 13.9. The molecule has 0 fully saturated rings. The van der Waals surface area contributed by atoms with Crippen molar-refractivity contribution in [1.29, 1.82) is 0 Å². The molecule has 0 N–H and O–H groups in total. The zero-order valence-corrected chi connectivity index (χ0v) is 13.3. The molecule has 0 spiro atoms. The first-order valence-corrected chi connectivity index (χ1v) is 8.19. The number of halogens is 1. The first-order chi connectivity index (χ1) is 9.74. The second-order valence-corrected chi connectivity index (χ2v) is 7.03. The lowest BCUT2D eigenvalue weighted by atomic mass is 9.99. The van der Waals surface area contributed by atoms with Crippen molar-refractivity contribution in [3.05, 3.63) is 62.8 Å². The SMILES string of the molecule is O=C(c1csc(Br)c1)N1CC=C(c2ccccc2)CC1. The summed E-state index contributed by atoms with van der Waals surface area (Å²) < 4.78 is 0.998. The van der Waals surface area contributed by atoms with Crippen LogP contribution in [0.3, 0.4) is 0 Å². The largest absolute Gasteiger partial charge is 0.335 e. The van der Waals surface area contributed by atoms with Crippen LogP contribution in [0.4, 0.5) is 0 Å². The van der Waals surface area contributed by atoms with E-state index in [1.807, 2.05) is 22.4 Å². The third-order valence-corrected chi connectivity index (χ3v) is 4.96. The highest BCUT2D eigenvalue weighted by Crippen LogP contribution is 2.25. The number of thiophene rings is 1. The van der Waals surface area contributed by atoms with Crippen LogP contribution < -0.4 is 0 Å². The van der Waals surface area contributed by atoms with Crippen LogP contribution in [0.25, 0.3) is 5.57 Å². The number of carbonyl (C=O) groups is 1. The first kappa shape index (κ1) is 13.6. The van der Waals surface area contributed by atoms with Crippen LogP contribution in [0.1, 0.15) is 22.3 Å². The lowest BCUT2D eigenvalue weighted by Crippen LogP contribution is -2.34. The summed E-state index contributed by atoms with van der Waals surface area (Å²) in [7, 11) is 0. The van der Waals surface area contributed by atoms with Crippen molar-refractivity contribution >= 4 is 38.7 Å². The van der Waals surface area contributed by atoms with Gasteiger partial charge in [0.15, 0.2) is 0 Å². The van der Waals surface area contributed by atoms with E-state index >= 15 is 0 Å². The highest BCUT2D eigenvalue weighted by Gasteiger charge is 2.19. The summed E-state index contributed by atoms with van der Waals surface area (Å²) in [5.74, 6) is 0.121. The second-order valence-electron chi connectivity index (χ2n) is 4.74. The van der Waals surface area contributed by atoms with E-state index in [9.17, 15) is 4.79 Å². The first-order valence-electron chi connectivity index (χ1n) is 6.52. The number of benzene rings is 1. The summed E-state index contributed by atoms with van der Waals surface area (Å²) in [4.78, 5) is 14.2. The molecule has 0 atom stereocenters. The Bertz CT molecular complexity index is 648. The molecule has 1 aliphatic heterocycles. The van der Waals surface area contributed by atoms with Gasteiger partial charge in [0.2, 0.25) is 0 Å². The minimum Gasteiger partial charge on any atom is -0.335 e. The third-order valence-electron chi connectivity index (χ3n) is 3.46. The summed E-state index contributed by atoms with van der Waals surface area (Å²) in [6.07, 6.45) is 3.08. The fourth-order valence-electron chi connectivity index (χ4n) is 2.37. The maximum atomic E-state index is 12.3. The molecule has 102 valence electrons. The Labute approximate surface area is 130 Å². The average Bonchev–Trinajstić information content (AvgIpc) is 2.94. The second kappa shape index (κ2) is 5.94. The van der Waals surface area contributed by atoms with Crippen LogP contribution in [0.15, 0.2) is 51.6 Å². The molecule has 1 aliphatic rings. The highest BCUT2D eigenvalue weighted by molar-refractivity contribution is 9.11. The molecule has 2 nitrogen and oxygen atoms in total. The monoisotopic (exact) mass is 347 g/mol. The number of nitrogens with zero attached hydrogens (tertiary/aromatic N) is 1. The molecule has 2 heterocycles. The molecule has 0 unspecified atom stereocenters. The lowest BCUT2D eigenvalue weighted by molar-refractivity contribution is 0.0773. The van der Waals surface area contributed by atoms with Crippen molar-refractivity contribution in [2.24, 2.45) is 0 Å². The average molecular weight is 348 g/mol. The van der Waals surface area contributed by atoms with E-state index in [2.05, 4.69) is 46.3 Å². The molecule has 0 bridgehead atoms. The third kappa shape index (κ3) is 2.86. The molecule has 1 amide bonds. The quantitative estimate of drug-likeness (QED) is 0.786. The van der Waals surface area contributed by atoms with Gasteiger partial charge in [0, 0.05) is 18.5 Å². The van der Waals surface area contributed by atoms with Gasteiger partial charge in [0.05, 0.1) is 9.35 Å². The van der Waals surface area contributed by atoms with Gasteiger partial charge in [-0.05, 0) is 39.6 Å². The van der Waals surface area contributed by atoms with Crippen LogP contribution in [-0.4, -0.2) is 23.9 Å². The lowest BCUT2D eigenvalue weighted by Gasteiger charge is -2.26. The molecule has 0 radical (unpaired) electrons. The maximum Gasteiger partial charge on any atom is 0.255 e. The van der Waals surface area contributed by atoms with E-state index < -0.39 is 0 Å². The van der Waals surface area contributed by atoms with E-state index in [4.69, 9.17) is 0 Å². The number of rotatable bonds is 2. The molecule has 4 heteroatoms. The standard InChI is InChI=1S/C16H14BrNOS/c17-15-10-14(11-20-15)16(19)18-8-6-13(7-9-18)12-4-2-1-3-5-12/h1-6,10-11H,7-9H2. The molecule has 0 saturated carbocycles. The summed E-state index contributed by atoms with van der Waals surface area (Å²) in [6, 6.07) is 12.3. The Morgan fingerprint density at radius 2 is 2.05 bits per heavy atom. The van der Waals surface area contributed by atoms with E-state index in [-0.39, 0.29) is 5.91 Å². The zero-order valence-electron chi connectivity index (χ0n) is 10.9. The highest BCUT2D eigenvalue weighted by atomic mass is 79.9. The summed E-state index contributed by atoms with van der Waals surface area (Å²) in [6.45, 7) is 1.48. The van der Waals surface area contributed by atoms with Crippen LogP contribution in [0, 0.1) is 0 Å². The Kier molecular flexibility index (Phi) is 4.03. The van der Waals surface area contributed by atoms with Gasteiger partial charge in [-0.3, -0.25) is 4.79 Å². The predicted molar refractivity (Wildman–Crippen MR) is 87.0 cm³/mol. The molecular formula is C16H14BrNOS. The van der Waals surface area contributed by atoms with E-state index in [1.54, 1.807) is 11.3 Å². The topological polar surface area (TPSA) is 20.3 Å². The van der Waals surface area contributed by atoms with Gasteiger partial charge in [-0.2, -0.15) is 0 Å². The van der Waals surface area contributed by atoms with Crippen LogP contribution >= 0.6 is 27.3 Å². The smallest absolute Gasteiger partial charge is 0.255 e. The summed E-state index contributed by atoms with van der Waals surface area (Å²) in [5, 5.41) is 1.91. The van der Waals surface area contributed by atoms with E-state index in [1.165, 1.54) is 11.1 Å². The van der Waals surface area contributed by atoms with Gasteiger partial charge in [0.25, 0.3) is 5.91 Å². The van der Waals surface area contributed by atoms with Gasteiger partial charge < -0.3 is 4.90 Å². The van der Waals surface area contributed by atoms with E-state index in [0.29, 0.717) is 6.54 Å². The Hall–Kier alpha value is -1.39. The Morgan fingerprint density at radius 3 is 2.65 bits per heavy atom. The van der Waals surface area contributed by atoms with Crippen LogP contribution in [0.2, 0.25) is 0 Å². The van der Waals surface area contributed by atoms with Crippen molar-refractivity contribution in [3.8, 4) is 0 Å². The molecule has 1 aromatic carbocycles. The summed E-state index contributed by atoms with van der Waals surface area (Å²) >= 11 is 4.95. The number of carbonyl (C=O) groups excluding carboxylic acids is 1. The number of hydrogen-bond acceptors (Lipinski definition) is 2. The molecule has 20 heavy (non-hydrogen) atoms. The Balaban J connectivity index is 1.72. The van der Waals surface area contributed by atoms with Gasteiger partial charge >= 0.3 is 0 Å². The minimum absolute atomic E-state index is 0.121. The van der Waals surface area contributed by atoms with Crippen LogP contribution in [-0.2, 0) is 0 Å². The van der Waals surface area contributed by atoms with Crippen molar-refractivity contribution in [3.63, 3.8) is 0 Å². The van der Waals surface area contributed by atoms with Crippen LogP contribution in [0.5, 0.6) is 0 Å². The molecule has 1 aromatic heterocycles. The number of amides is 1. The van der Waals surface area contributed by atoms with Gasteiger partial charge in [0.1, 0.15) is 0 Å². The predicted octanol–water partition coefficient (Wildman–Crippen LogP) is 4.44. The van der Waals surface area contributed by atoms with Gasteiger partial charge in [-0.1, -0.05) is 36.4 Å². The minimum atomic E-state index is 0.121. The normalized spacial score (nSPS) is 15.1. The summed E-state index contributed by atoms with van der Waals surface area (Å²) in [5.41, 5.74) is 3.37. The van der Waals surface area contributed by atoms with Crippen molar-refractivity contribution < 1.29 is 4.79 Å². The Morgan fingerprint density at radius 1 is 1.25 bits per heavy atom. The fraction of sp³-hybridized carbons (Fsp3) is 0.188. The fourth-order valence-corrected chi connectivity index (χ4v) is 3.50. The number of hydrogen-bond donors (Lipinski definition) is 0.